The molecule has 0 aliphatic heterocycles. The van der Waals surface area contributed by atoms with Crippen LogP contribution in [0.2, 0.25) is 0 Å². The van der Waals surface area contributed by atoms with Gasteiger partial charge in [-0.05, 0) is 41.3 Å². The zero-order valence-corrected chi connectivity index (χ0v) is 23.7. The van der Waals surface area contributed by atoms with Crippen molar-refractivity contribution in [3.05, 3.63) is 59.7 Å². The van der Waals surface area contributed by atoms with Gasteiger partial charge < -0.3 is 35.2 Å². The fraction of sp³-hybridized carbons (Fsp3) is 0.444. The topological polar surface area (TPSA) is 163 Å². The van der Waals surface area contributed by atoms with Crippen molar-refractivity contribution in [3.8, 4) is 11.5 Å². The molecular formula is C27H38N3O8P. The van der Waals surface area contributed by atoms with E-state index in [1.54, 1.807) is 55.5 Å². The molecule has 12 heteroatoms. The number of carbonyl (C=O) groups is 3. The average molecular weight is 564 g/mol. The highest BCUT2D eigenvalue weighted by molar-refractivity contribution is 7.52. The largest absolute Gasteiger partial charge is 0.497 e. The lowest BCUT2D eigenvalue weighted by molar-refractivity contribution is -0.132. The molecule has 0 heterocycles. The minimum atomic E-state index is -4.79. The SMILES string of the molecule is CC[C@H](C)[C@H](NC(C)=O)C(=O)N[C@@H](Cc1ccc(OC)cc1)C(=O)N[C@@H](Cc1ccc(OC)cc1)P(=O)(O)O. The Hall–Kier alpha value is -3.40. The van der Waals surface area contributed by atoms with E-state index in [9.17, 15) is 28.7 Å². The first-order valence-corrected chi connectivity index (χ1v) is 14.2. The van der Waals surface area contributed by atoms with Gasteiger partial charge >= 0.3 is 7.60 Å². The van der Waals surface area contributed by atoms with Crippen LogP contribution in [0.15, 0.2) is 48.5 Å². The molecule has 3 amide bonds. The van der Waals surface area contributed by atoms with Gasteiger partial charge in [0.15, 0.2) is 0 Å². The second kappa shape index (κ2) is 14.7. The number of hydrogen-bond donors (Lipinski definition) is 5. The second-order valence-corrected chi connectivity index (χ2v) is 11.1. The first-order valence-electron chi connectivity index (χ1n) is 12.6. The number of methoxy groups -OCH3 is 2. The summed E-state index contributed by atoms with van der Waals surface area (Å²) in [6.07, 6.45) is 0.478. The molecule has 214 valence electrons. The Labute approximate surface area is 228 Å². The van der Waals surface area contributed by atoms with Gasteiger partial charge in [0.05, 0.1) is 14.2 Å². The number of amides is 3. The van der Waals surface area contributed by atoms with Crippen LogP contribution in [0, 0.1) is 5.92 Å². The maximum absolute atomic E-state index is 13.4. The van der Waals surface area contributed by atoms with E-state index in [0.29, 0.717) is 29.0 Å². The predicted molar refractivity (Wildman–Crippen MR) is 146 cm³/mol. The summed E-state index contributed by atoms with van der Waals surface area (Å²) in [5.74, 6) is -2.32. The molecule has 0 spiro atoms. The molecule has 0 aromatic heterocycles. The molecule has 0 saturated heterocycles. The van der Waals surface area contributed by atoms with E-state index >= 15 is 0 Å². The maximum atomic E-state index is 13.4. The van der Waals surface area contributed by atoms with Crippen LogP contribution in [0.25, 0.3) is 0 Å². The Morgan fingerprint density at radius 2 is 1.31 bits per heavy atom. The van der Waals surface area contributed by atoms with Gasteiger partial charge in [0.25, 0.3) is 0 Å². The Morgan fingerprint density at radius 3 is 1.72 bits per heavy atom. The van der Waals surface area contributed by atoms with Crippen LogP contribution < -0.4 is 25.4 Å². The minimum Gasteiger partial charge on any atom is -0.497 e. The number of carbonyl (C=O) groups excluding carboxylic acids is 3. The number of hydrogen-bond acceptors (Lipinski definition) is 6. The van der Waals surface area contributed by atoms with Crippen molar-refractivity contribution in [2.45, 2.75) is 57.9 Å². The molecule has 0 radical (unpaired) electrons. The molecule has 2 rings (SSSR count). The smallest absolute Gasteiger partial charge is 0.347 e. The van der Waals surface area contributed by atoms with Crippen LogP contribution in [-0.2, 0) is 31.8 Å². The van der Waals surface area contributed by atoms with E-state index in [1.807, 2.05) is 6.92 Å². The maximum Gasteiger partial charge on any atom is 0.347 e. The van der Waals surface area contributed by atoms with E-state index in [2.05, 4.69) is 16.0 Å². The van der Waals surface area contributed by atoms with Crippen LogP contribution in [0.3, 0.4) is 0 Å². The average Bonchev–Trinajstić information content (AvgIpc) is 2.90. The molecule has 0 aliphatic carbocycles. The molecule has 0 unspecified atom stereocenters. The van der Waals surface area contributed by atoms with Gasteiger partial charge in [0.2, 0.25) is 17.7 Å². The summed E-state index contributed by atoms with van der Waals surface area (Å²) in [5, 5.41) is 7.76. The highest BCUT2D eigenvalue weighted by Crippen LogP contribution is 2.41. The number of ether oxygens (including phenoxy) is 2. The number of benzene rings is 2. The molecule has 5 N–H and O–H groups in total. The standard InChI is InChI=1S/C27H38N3O8P/c1-6-17(2)25(28-18(3)31)27(33)29-23(15-19-7-11-21(37-4)12-8-19)26(32)30-24(39(34,35)36)16-20-9-13-22(38-5)14-10-20/h7-14,17,23-25H,6,15-16H2,1-5H3,(H,28,31)(H,29,33)(H,30,32)(H2,34,35,36)/t17-,23-,24+,25-/m0/s1. The highest BCUT2D eigenvalue weighted by Gasteiger charge is 2.35. The Balaban J connectivity index is 2.33. The van der Waals surface area contributed by atoms with Crippen molar-refractivity contribution >= 4 is 25.3 Å². The van der Waals surface area contributed by atoms with Gasteiger partial charge in [-0.2, -0.15) is 0 Å². The molecule has 2 aromatic carbocycles. The molecule has 4 atom stereocenters. The van der Waals surface area contributed by atoms with Crippen molar-refractivity contribution in [2.75, 3.05) is 14.2 Å². The zero-order chi connectivity index (χ0) is 29.2. The third-order valence-corrected chi connectivity index (χ3v) is 7.51. The van der Waals surface area contributed by atoms with E-state index < -0.39 is 43.2 Å². The number of rotatable bonds is 14. The summed E-state index contributed by atoms with van der Waals surface area (Å²) >= 11 is 0. The van der Waals surface area contributed by atoms with Gasteiger partial charge in [0.1, 0.15) is 29.4 Å². The van der Waals surface area contributed by atoms with E-state index in [1.165, 1.54) is 21.1 Å². The van der Waals surface area contributed by atoms with Crippen molar-refractivity contribution in [1.82, 2.24) is 16.0 Å². The van der Waals surface area contributed by atoms with Crippen molar-refractivity contribution in [1.29, 1.82) is 0 Å². The summed E-state index contributed by atoms with van der Waals surface area (Å²) in [5.41, 5.74) is 1.25. The molecule has 11 nitrogen and oxygen atoms in total. The lowest BCUT2D eigenvalue weighted by atomic mass is 9.97. The zero-order valence-electron chi connectivity index (χ0n) is 22.8. The fourth-order valence-electron chi connectivity index (χ4n) is 3.89. The van der Waals surface area contributed by atoms with Gasteiger partial charge in [-0.1, -0.05) is 44.5 Å². The summed E-state index contributed by atoms with van der Waals surface area (Å²) in [4.78, 5) is 58.4. The van der Waals surface area contributed by atoms with Crippen LogP contribution in [0.1, 0.15) is 38.3 Å². The monoisotopic (exact) mass is 563 g/mol. The Kier molecular flexibility index (Phi) is 12.0. The van der Waals surface area contributed by atoms with Gasteiger partial charge in [-0.15, -0.1) is 0 Å². The molecular weight excluding hydrogens is 525 g/mol. The third-order valence-electron chi connectivity index (χ3n) is 6.39. The molecule has 0 fully saturated rings. The minimum absolute atomic E-state index is 0.0330. The van der Waals surface area contributed by atoms with Gasteiger partial charge in [0, 0.05) is 19.8 Å². The third kappa shape index (κ3) is 10.0. The quantitative estimate of drug-likeness (QED) is 0.218. The van der Waals surface area contributed by atoms with Gasteiger partial charge in [-0.25, -0.2) is 0 Å². The summed E-state index contributed by atoms with van der Waals surface area (Å²) in [6, 6.07) is 11.4. The summed E-state index contributed by atoms with van der Waals surface area (Å²) in [6.45, 7) is 4.98. The summed E-state index contributed by atoms with van der Waals surface area (Å²) < 4.78 is 22.6. The Morgan fingerprint density at radius 1 is 0.821 bits per heavy atom. The normalized spacial score (nSPS) is 14.3. The lowest BCUT2D eigenvalue weighted by Crippen LogP contribution is -2.57. The lowest BCUT2D eigenvalue weighted by Gasteiger charge is -2.28. The molecule has 0 bridgehead atoms. The first kappa shape index (κ1) is 31.8. The van der Waals surface area contributed by atoms with Crippen LogP contribution in [-0.4, -0.2) is 59.6 Å². The van der Waals surface area contributed by atoms with Crippen molar-refractivity contribution in [3.63, 3.8) is 0 Å². The van der Waals surface area contributed by atoms with Gasteiger partial charge in [-0.3, -0.25) is 18.9 Å². The highest BCUT2D eigenvalue weighted by atomic mass is 31.2. The molecule has 0 aliphatic rings. The van der Waals surface area contributed by atoms with E-state index in [0.717, 1.165) is 0 Å². The summed E-state index contributed by atoms with van der Waals surface area (Å²) in [7, 11) is -1.76. The van der Waals surface area contributed by atoms with Crippen molar-refractivity contribution in [2.24, 2.45) is 5.92 Å². The Bertz CT molecular complexity index is 1150. The fourth-order valence-corrected chi connectivity index (χ4v) is 4.64. The van der Waals surface area contributed by atoms with Crippen LogP contribution in [0.5, 0.6) is 11.5 Å². The second-order valence-electron chi connectivity index (χ2n) is 9.34. The van der Waals surface area contributed by atoms with E-state index in [4.69, 9.17) is 9.47 Å². The van der Waals surface area contributed by atoms with Crippen LogP contribution in [0.4, 0.5) is 0 Å². The predicted octanol–water partition coefficient (Wildman–Crippen LogP) is 2.14. The first-order chi connectivity index (χ1) is 18.4. The van der Waals surface area contributed by atoms with E-state index in [-0.39, 0.29) is 18.8 Å². The molecule has 2 aromatic rings. The van der Waals surface area contributed by atoms with Crippen LogP contribution >= 0.6 is 7.60 Å². The number of nitrogens with one attached hydrogen (secondary N) is 3. The van der Waals surface area contributed by atoms with Crippen molar-refractivity contribution < 1.29 is 38.2 Å². The molecule has 0 saturated carbocycles. The molecule has 39 heavy (non-hydrogen) atoms.